The third-order valence-electron chi connectivity index (χ3n) is 5.33. The van der Waals surface area contributed by atoms with Gasteiger partial charge in [0.25, 0.3) is 5.56 Å². The number of aryl methyl sites for hydroxylation is 1. The van der Waals surface area contributed by atoms with E-state index in [0.29, 0.717) is 5.39 Å². The summed E-state index contributed by atoms with van der Waals surface area (Å²) in [6, 6.07) is 17.2. The topological polar surface area (TPSA) is 108 Å². The van der Waals surface area contributed by atoms with Crippen LogP contribution in [0, 0.1) is 0 Å². The van der Waals surface area contributed by atoms with Crippen molar-refractivity contribution in [3.05, 3.63) is 71.1 Å². The van der Waals surface area contributed by atoms with Crippen LogP contribution in [0.25, 0.3) is 21.9 Å². The summed E-state index contributed by atoms with van der Waals surface area (Å²) in [4.78, 5) is 24.9. The highest BCUT2D eigenvalue weighted by Crippen LogP contribution is 2.24. The Hall–Kier alpha value is -2.97. The van der Waals surface area contributed by atoms with E-state index in [2.05, 4.69) is 0 Å². The summed E-state index contributed by atoms with van der Waals surface area (Å²) in [5.74, 6) is -0.915. The van der Waals surface area contributed by atoms with Crippen molar-refractivity contribution in [2.75, 3.05) is 6.26 Å². The van der Waals surface area contributed by atoms with Gasteiger partial charge in [-0.3, -0.25) is 9.59 Å². The van der Waals surface area contributed by atoms with Gasteiger partial charge in [-0.1, -0.05) is 36.4 Å². The van der Waals surface area contributed by atoms with Crippen LogP contribution in [0.2, 0.25) is 0 Å². The van der Waals surface area contributed by atoms with E-state index in [-0.39, 0.29) is 18.5 Å². The standard InChI is InChI=1S/C21H22N2O5S/c1-21(20(25)22-26,29(2,27)28)11-13-23-12-10-17-14-16(8-9-18(17)19(23)24)15-6-4-3-5-7-15/h3-10,12,14,26H,11,13H2,1-2H3,(H,22,25)/p+1/t21-/m1/s1. The zero-order valence-corrected chi connectivity index (χ0v) is 17.0. The summed E-state index contributed by atoms with van der Waals surface area (Å²) in [6.45, 7) is 1.30. The van der Waals surface area contributed by atoms with Crippen molar-refractivity contribution >= 4 is 26.5 Å². The van der Waals surface area contributed by atoms with Crippen LogP contribution in [0.5, 0.6) is 0 Å². The number of aromatic nitrogens is 1. The molecule has 0 radical (unpaired) electrons. The molecule has 2 aromatic carbocycles. The van der Waals surface area contributed by atoms with Gasteiger partial charge in [0.15, 0.2) is 14.6 Å². The number of amides is 1. The first-order chi connectivity index (χ1) is 13.7. The molecule has 3 rings (SSSR count). The van der Waals surface area contributed by atoms with Crippen molar-refractivity contribution in [2.45, 2.75) is 24.6 Å². The van der Waals surface area contributed by atoms with Gasteiger partial charge >= 0.3 is 5.91 Å². The fourth-order valence-corrected chi connectivity index (χ4v) is 4.06. The molecule has 1 atom stereocenters. The Balaban J connectivity index is 1.94. The summed E-state index contributed by atoms with van der Waals surface area (Å²) in [5, 5.41) is 8.33. The molecule has 0 bridgehead atoms. The van der Waals surface area contributed by atoms with Gasteiger partial charge < -0.3 is 9.77 Å². The van der Waals surface area contributed by atoms with Crippen LogP contribution in [0.4, 0.5) is 0 Å². The van der Waals surface area contributed by atoms with E-state index in [0.717, 1.165) is 22.8 Å². The Labute approximate surface area is 168 Å². The van der Waals surface area contributed by atoms with Crippen LogP contribution in [-0.4, -0.2) is 35.1 Å². The Morgan fingerprint density at radius 1 is 1.10 bits per heavy atom. The molecular formula is C21H23N2O5S+. The van der Waals surface area contributed by atoms with Crippen molar-refractivity contribution in [1.29, 1.82) is 0 Å². The Morgan fingerprint density at radius 3 is 2.41 bits per heavy atom. The fourth-order valence-electron chi connectivity index (χ4n) is 3.21. The molecule has 0 unspecified atom stereocenters. The zero-order valence-electron chi connectivity index (χ0n) is 16.2. The number of carbonyl (C=O) groups is 1. The van der Waals surface area contributed by atoms with Crippen LogP contribution in [0.3, 0.4) is 0 Å². The lowest BCUT2D eigenvalue weighted by molar-refractivity contribution is -0.131. The van der Waals surface area contributed by atoms with Crippen LogP contribution in [-0.2, 0) is 21.2 Å². The summed E-state index contributed by atoms with van der Waals surface area (Å²) >= 11 is 0. The van der Waals surface area contributed by atoms with Crippen molar-refractivity contribution in [3.63, 3.8) is 0 Å². The van der Waals surface area contributed by atoms with Crippen molar-refractivity contribution in [3.8, 4) is 11.1 Å². The normalized spacial score (nSPS) is 13.8. The Kier molecular flexibility index (Phi) is 5.59. The number of nitrogens with one attached hydrogen (secondary N) is 1. The Morgan fingerprint density at radius 2 is 1.79 bits per heavy atom. The number of hydroxylamine groups is 1. The highest BCUT2D eigenvalue weighted by atomic mass is 32.2. The van der Waals surface area contributed by atoms with E-state index < -0.39 is 20.5 Å². The van der Waals surface area contributed by atoms with Gasteiger partial charge in [-0.2, -0.15) is 0 Å². The van der Waals surface area contributed by atoms with E-state index in [1.807, 2.05) is 42.5 Å². The van der Waals surface area contributed by atoms with Gasteiger partial charge in [-0.25, -0.2) is 8.42 Å². The predicted octanol–water partition coefficient (Wildman–Crippen LogP) is 1.62. The molecule has 0 fully saturated rings. The van der Waals surface area contributed by atoms with Crippen LogP contribution < -0.4 is 11.0 Å². The molecule has 0 aliphatic heterocycles. The lowest BCUT2D eigenvalue weighted by Crippen LogP contribution is -2.49. The molecule has 0 saturated heterocycles. The molecule has 0 spiro atoms. The molecule has 152 valence electrons. The number of sulfone groups is 1. The van der Waals surface area contributed by atoms with Gasteiger partial charge in [0.05, 0.1) is 0 Å². The van der Waals surface area contributed by atoms with Crippen LogP contribution >= 0.6 is 0 Å². The largest absolute Gasteiger partial charge is 0.315 e. The monoisotopic (exact) mass is 415 g/mol. The second-order valence-corrected chi connectivity index (χ2v) is 9.63. The molecule has 1 aromatic heterocycles. The minimum absolute atomic E-state index is 0.0339. The van der Waals surface area contributed by atoms with Crippen molar-refractivity contribution in [2.24, 2.45) is 0 Å². The summed E-state index contributed by atoms with van der Waals surface area (Å²) in [5.41, 5.74) is 3.44. The number of nitrogens with zero attached hydrogens (tertiary/aromatic N) is 1. The molecule has 29 heavy (non-hydrogen) atoms. The maximum atomic E-state index is 12.9. The van der Waals surface area contributed by atoms with E-state index >= 15 is 0 Å². The molecule has 1 heterocycles. The molecule has 8 heteroatoms. The van der Waals surface area contributed by atoms with E-state index in [9.17, 15) is 18.0 Å². The average molecular weight is 415 g/mol. The summed E-state index contributed by atoms with van der Waals surface area (Å²) in [7, 11) is -3.78. The lowest BCUT2D eigenvalue weighted by atomic mass is 10.0. The number of hydrogen-bond donors (Lipinski definition) is 1. The molecule has 3 aromatic rings. The summed E-state index contributed by atoms with van der Waals surface area (Å²) < 4.78 is 23.8. The number of carbonyl (C=O) groups excluding carboxylic acids is 1. The number of fused-ring (bicyclic) bond motifs is 1. The molecular weight excluding hydrogens is 392 g/mol. The number of rotatable bonds is 6. The van der Waals surface area contributed by atoms with E-state index in [1.165, 1.54) is 11.5 Å². The molecule has 7 nitrogen and oxygen atoms in total. The first-order valence-corrected chi connectivity index (χ1v) is 10.9. The summed E-state index contributed by atoms with van der Waals surface area (Å²) in [6.07, 6.45) is 2.43. The quantitative estimate of drug-likeness (QED) is 0.487. The molecule has 0 aliphatic rings. The fraction of sp³-hybridized carbons (Fsp3) is 0.238. The van der Waals surface area contributed by atoms with Crippen molar-refractivity contribution < 1.29 is 18.4 Å². The minimum Gasteiger partial charge on any atom is -0.315 e. The second kappa shape index (κ2) is 7.81. The molecule has 3 N–H and O–H groups in total. The zero-order chi connectivity index (χ0) is 21.2. The van der Waals surface area contributed by atoms with Crippen LogP contribution in [0.15, 0.2) is 65.6 Å². The van der Waals surface area contributed by atoms with Gasteiger partial charge in [0, 0.05) is 24.4 Å². The molecule has 1 amide bonds. The third-order valence-corrected chi connectivity index (χ3v) is 7.35. The van der Waals surface area contributed by atoms with Gasteiger partial charge in [-0.15, -0.1) is 5.48 Å². The maximum Gasteiger partial charge on any atom is 0.304 e. The smallest absolute Gasteiger partial charge is 0.304 e. The first kappa shape index (κ1) is 20.8. The minimum atomic E-state index is -3.78. The first-order valence-electron chi connectivity index (χ1n) is 9.03. The predicted molar refractivity (Wildman–Crippen MR) is 113 cm³/mol. The Bertz CT molecular complexity index is 1220. The highest BCUT2D eigenvalue weighted by Gasteiger charge is 2.44. The molecule has 0 saturated carbocycles. The highest BCUT2D eigenvalue weighted by molar-refractivity contribution is 7.92. The molecule has 0 aliphatic carbocycles. The van der Waals surface area contributed by atoms with Gasteiger partial charge in [0.2, 0.25) is 0 Å². The van der Waals surface area contributed by atoms with E-state index in [4.69, 9.17) is 5.21 Å². The third kappa shape index (κ3) is 3.94. The van der Waals surface area contributed by atoms with Crippen LogP contribution in [0.1, 0.15) is 13.3 Å². The average Bonchev–Trinajstić information content (AvgIpc) is 2.72. The van der Waals surface area contributed by atoms with Gasteiger partial charge in [0.1, 0.15) is 0 Å². The number of pyridine rings is 1. The van der Waals surface area contributed by atoms with Crippen molar-refractivity contribution in [1.82, 2.24) is 10.0 Å². The maximum absolute atomic E-state index is 12.9. The number of hydrogen-bond acceptors (Lipinski definition) is 4. The number of benzene rings is 2. The SMILES string of the molecule is C[C@@](CCn1ccc2cc(-c3ccccc3)ccc2c1=O)(C(=O)N[OH2+])S(C)(=O)=O. The lowest BCUT2D eigenvalue weighted by Gasteiger charge is -2.24. The van der Waals surface area contributed by atoms with Gasteiger partial charge in [-0.05, 0) is 48.1 Å². The van der Waals surface area contributed by atoms with E-state index in [1.54, 1.807) is 23.8 Å². The second-order valence-electron chi connectivity index (χ2n) is 7.19.